The highest BCUT2D eigenvalue weighted by molar-refractivity contribution is 5.85. The molecule has 0 atom stereocenters. The zero-order chi connectivity index (χ0) is 10.0. The number of piperazine rings is 1. The van der Waals surface area contributed by atoms with Crippen LogP contribution in [-0.2, 0) is 6.54 Å². The molecule has 1 aromatic rings. The van der Waals surface area contributed by atoms with Crippen molar-refractivity contribution in [1.82, 2.24) is 20.4 Å². The summed E-state index contributed by atoms with van der Waals surface area (Å²) in [6.07, 6.45) is 3.87. The molecule has 0 saturated carbocycles. The van der Waals surface area contributed by atoms with Gasteiger partial charge in [0.2, 0.25) is 0 Å². The first-order chi connectivity index (χ1) is 6.66. The summed E-state index contributed by atoms with van der Waals surface area (Å²) < 4.78 is 0. The molecule has 0 aromatic carbocycles. The Labute approximate surface area is 109 Å². The maximum Gasteiger partial charge on any atom is 0.0532 e. The van der Waals surface area contributed by atoms with Crippen LogP contribution in [0.1, 0.15) is 19.4 Å². The second-order valence-electron chi connectivity index (χ2n) is 4.63. The molecule has 0 spiro atoms. The van der Waals surface area contributed by atoms with E-state index >= 15 is 0 Å². The van der Waals surface area contributed by atoms with E-state index in [1.807, 2.05) is 12.4 Å². The SMILES string of the molecule is CC1(C)CN(Cc2cn[nH]c2)CCN1.Cl.Cl. The van der Waals surface area contributed by atoms with Crippen molar-refractivity contribution in [1.29, 1.82) is 0 Å². The highest BCUT2D eigenvalue weighted by Gasteiger charge is 2.25. The van der Waals surface area contributed by atoms with Gasteiger partial charge in [0.05, 0.1) is 6.20 Å². The van der Waals surface area contributed by atoms with Gasteiger partial charge in [0.1, 0.15) is 0 Å². The van der Waals surface area contributed by atoms with E-state index in [0.29, 0.717) is 0 Å². The molecule has 1 saturated heterocycles. The van der Waals surface area contributed by atoms with Gasteiger partial charge in [-0.25, -0.2) is 0 Å². The van der Waals surface area contributed by atoms with Gasteiger partial charge in [-0.3, -0.25) is 10.00 Å². The van der Waals surface area contributed by atoms with Crippen LogP contribution in [-0.4, -0.2) is 40.3 Å². The van der Waals surface area contributed by atoms with Crippen molar-refractivity contribution in [2.75, 3.05) is 19.6 Å². The minimum Gasteiger partial charge on any atom is -0.309 e. The third-order valence-electron chi connectivity index (χ3n) is 2.61. The highest BCUT2D eigenvalue weighted by Crippen LogP contribution is 2.12. The van der Waals surface area contributed by atoms with Gasteiger partial charge in [-0.05, 0) is 13.8 Å². The lowest BCUT2D eigenvalue weighted by atomic mass is 10.0. The molecule has 0 radical (unpaired) electrons. The molecule has 2 N–H and O–H groups in total. The fourth-order valence-electron chi connectivity index (χ4n) is 2.00. The normalized spacial score (nSPS) is 19.6. The van der Waals surface area contributed by atoms with E-state index in [2.05, 4.69) is 34.3 Å². The van der Waals surface area contributed by atoms with E-state index in [1.165, 1.54) is 5.56 Å². The molecular weight excluding hydrogens is 247 g/mol. The number of H-pyrrole nitrogens is 1. The number of halogens is 2. The second kappa shape index (κ2) is 6.45. The van der Waals surface area contributed by atoms with Crippen LogP contribution >= 0.6 is 24.8 Å². The second-order valence-corrected chi connectivity index (χ2v) is 4.63. The smallest absolute Gasteiger partial charge is 0.0532 e. The van der Waals surface area contributed by atoms with Crippen molar-refractivity contribution < 1.29 is 0 Å². The highest BCUT2D eigenvalue weighted by atomic mass is 35.5. The van der Waals surface area contributed by atoms with Gasteiger partial charge in [0, 0.05) is 43.5 Å². The summed E-state index contributed by atoms with van der Waals surface area (Å²) in [7, 11) is 0. The molecule has 94 valence electrons. The van der Waals surface area contributed by atoms with Gasteiger partial charge in [-0.15, -0.1) is 24.8 Å². The molecule has 4 nitrogen and oxygen atoms in total. The molecule has 2 heterocycles. The Kier molecular flexibility index (Phi) is 6.33. The summed E-state index contributed by atoms with van der Waals surface area (Å²) in [4.78, 5) is 2.46. The fourth-order valence-corrected chi connectivity index (χ4v) is 2.00. The van der Waals surface area contributed by atoms with E-state index in [4.69, 9.17) is 0 Å². The molecule has 2 rings (SSSR count). The predicted molar refractivity (Wildman–Crippen MR) is 70.4 cm³/mol. The Hall–Kier alpha value is -0.290. The van der Waals surface area contributed by atoms with E-state index in [0.717, 1.165) is 26.2 Å². The van der Waals surface area contributed by atoms with Crippen LogP contribution < -0.4 is 5.32 Å². The Morgan fingerprint density at radius 1 is 1.44 bits per heavy atom. The number of hydrogen-bond donors (Lipinski definition) is 2. The molecule has 0 bridgehead atoms. The Bertz CT molecular complexity index is 287. The lowest BCUT2D eigenvalue weighted by Crippen LogP contribution is -2.56. The first-order valence-corrected chi connectivity index (χ1v) is 5.11. The zero-order valence-corrected chi connectivity index (χ0v) is 11.3. The number of nitrogens with zero attached hydrogens (tertiary/aromatic N) is 2. The maximum atomic E-state index is 3.96. The van der Waals surface area contributed by atoms with Crippen LogP contribution in [0.2, 0.25) is 0 Å². The average molecular weight is 267 g/mol. The quantitative estimate of drug-likeness (QED) is 0.852. The van der Waals surface area contributed by atoms with Crippen LogP contribution in [0, 0.1) is 0 Å². The summed E-state index contributed by atoms with van der Waals surface area (Å²) in [5.41, 5.74) is 1.50. The summed E-state index contributed by atoms with van der Waals surface area (Å²) in [6.45, 7) is 8.78. The molecule has 0 aliphatic carbocycles. The molecule has 1 aliphatic rings. The molecule has 16 heavy (non-hydrogen) atoms. The van der Waals surface area contributed by atoms with Crippen LogP contribution in [0.5, 0.6) is 0 Å². The van der Waals surface area contributed by atoms with Crippen LogP contribution in [0.3, 0.4) is 0 Å². The van der Waals surface area contributed by atoms with E-state index in [1.54, 1.807) is 0 Å². The van der Waals surface area contributed by atoms with Gasteiger partial charge in [-0.1, -0.05) is 0 Å². The van der Waals surface area contributed by atoms with Crippen LogP contribution in [0.4, 0.5) is 0 Å². The van der Waals surface area contributed by atoms with Crippen LogP contribution in [0.25, 0.3) is 0 Å². The van der Waals surface area contributed by atoms with Gasteiger partial charge in [0.15, 0.2) is 0 Å². The summed E-state index contributed by atoms with van der Waals surface area (Å²) in [5.74, 6) is 0. The van der Waals surface area contributed by atoms with Crippen molar-refractivity contribution in [2.24, 2.45) is 0 Å². The Morgan fingerprint density at radius 2 is 2.19 bits per heavy atom. The predicted octanol–water partition coefficient (Wildman–Crippen LogP) is 1.44. The van der Waals surface area contributed by atoms with Gasteiger partial charge in [-0.2, -0.15) is 5.10 Å². The largest absolute Gasteiger partial charge is 0.309 e. The summed E-state index contributed by atoms with van der Waals surface area (Å²) in [6, 6.07) is 0. The van der Waals surface area contributed by atoms with Gasteiger partial charge < -0.3 is 5.32 Å². The molecule has 1 aliphatic heterocycles. The molecule has 1 aromatic heterocycles. The number of aromatic amines is 1. The number of rotatable bonds is 2. The standard InChI is InChI=1S/C10H18N4.2ClH/c1-10(2)8-14(4-3-11-10)7-9-5-12-13-6-9;;/h5-6,11H,3-4,7-8H2,1-2H3,(H,12,13);2*1H. The third-order valence-corrected chi connectivity index (χ3v) is 2.61. The van der Waals surface area contributed by atoms with Crippen molar-refractivity contribution in [2.45, 2.75) is 25.9 Å². The molecular formula is C10H20Cl2N4. The lowest BCUT2D eigenvalue weighted by molar-refractivity contribution is 0.148. The summed E-state index contributed by atoms with van der Waals surface area (Å²) >= 11 is 0. The van der Waals surface area contributed by atoms with E-state index in [-0.39, 0.29) is 30.4 Å². The molecule has 1 fully saturated rings. The lowest BCUT2D eigenvalue weighted by Gasteiger charge is -2.38. The van der Waals surface area contributed by atoms with Crippen molar-refractivity contribution in [3.63, 3.8) is 0 Å². The first kappa shape index (κ1) is 15.7. The summed E-state index contributed by atoms with van der Waals surface area (Å²) in [5, 5.41) is 10.3. The first-order valence-electron chi connectivity index (χ1n) is 5.11. The van der Waals surface area contributed by atoms with E-state index in [9.17, 15) is 0 Å². The van der Waals surface area contributed by atoms with Gasteiger partial charge >= 0.3 is 0 Å². The minimum absolute atomic E-state index is 0. The molecule has 0 amide bonds. The van der Waals surface area contributed by atoms with Crippen molar-refractivity contribution >= 4 is 24.8 Å². The third kappa shape index (κ3) is 4.29. The Balaban J connectivity index is 0.00000112. The van der Waals surface area contributed by atoms with E-state index < -0.39 is 0 Å². The zero-order valence-electron chi connectivity index (χ0n) is 9.69. The Morgan fingerprint density at radius 3 is 2.75 bits per heavy atom. The monoisotopic (exact) mass is 266 g/mol. The van der Waals surface area contributed by atoms with Crippen molar-refractivity contribution in [3.05, 3.63) is 18.0 Å². The number of aromatic nitrogens is 2. The fraction of sp³-hybridized carbons (Fsp3) is 0.700. The minimum atomic E-state index is 0. The van der Waals surface area contributed by atoms with Gasteiger partial charge in [0.25, 0.3) is 0 Å². The maximum absolute atomic E-state index is 3.96. The topological polar surface area (TPSA) is 44.0 Å². The van der Waals surface area contributed by atoms with Crippen LogP contribution in [0.15, 0.2) is 12.4 Å². The average Bonchev–Trinajstić information content (AvgIpc) is 2.54. The number of hydrogen-bond acceptors (Lipinski definition) is 3. The van der Waals surface area contributed by atoms with Crippen molar-refractivity contribution in [3.8, 4) is 0 Å². The molecule has 0 unspecified atom stereocenters. The number of nitrogens with one attached hydrogen (secondary N) is 2. The molecule has 6 heteroatoms.